The van der Waals surface area contributed by atoms with Gasteiger partial charge in [0.15, 0.2) is 5.11 Å². The van der Waals surface area contributed by atoms with E-state index in [9.17, 15) is 4.79 Å². The fourth-order valence-corrected chi connectivity index (χ4v) is 5.96. The van der Waals surface area contributed by atoms with Crippen LogP contribution in [0.2, 0.25) is 10.0 Å². The number of carbonyl (C=O) groups excluding carboxylic acids is 1. The second-order valence-electron chi connectivity index (χ2n) is 7.86. The van der Waals surface area contributed by atoms with Crippen molar-refractivity contribution in [1.82, 2.24) is 9.78 Å². The largest absolute Gasteiger partial charge is 0.465 e. The quantitative estimate of drug-likeness (QED) is 0.292. The molecule has 0 fully saturated rings. The molecule has 3 aromatic rings. The molecule has 0 radical (unpaired) electrons. The van der Waals surface area contributed by atoms with Crippen LogP contribution in [0.4, 0.5) is 10.7 Å². The number of ether oxygens (including phenoxy) is 1. The first-order chi connectivity index (χ1) is 15.9. The number of halogens is 2. The van der Waals surface area contributed by atoms with Crippen LogP contribution in [0.25, 0.3) is 0 Å². The third-order valence-electron chi connectivity index (χ3n) is 5.53. The number of thiocarbonyl (C=S) groups is 1. The van der Waals surface area contributed by atoms with E-state index in [1.165, 1.54) is 24.8 Å². The van der Waals surface area contributed by atoms with Gasteiger partial charge in [0, 0.05) is 21.1 Å². The fourth-order valence-electron chi connectivity index (χ4n) is 3.93. The molecule has 10 heteroatoms. The van der Waals surface area contributed by atoms with Crippen LogP contribution < -0.4 is 10.6 Å². The Labute approximate surface area is 212 Å². The normalized spacial score (nSPS) is 13.5. The summed E-state index contributed by atoms with van der Waals surface area (Å²) in [4.78, 5) is 13.8. The van der Waals surface area contributed by atoms with Crippen molar-refractivity contribution in [3.05, 3.63) is 62.2 Å². The van der Waals surface area contributed by atoms with Crippen molar-refractivity contribution in [2.24, 2.45) is 0 Å². The lowest BCUT2D eigenvalue weighted by molar-refractivity contribution is 0.0601. The van der Waals surface area contributed by atoms with Gasteiger partial charge in [-0.15, -0.1) is 11.3 Å². The van der Waals surface area contributed by atoms with Gasteiger partial charge in [0.2, 0.25) is 0 Å². The highest BCUT2D eigenvalue weighted by Gasteiger charge is 2.25. The zero-order chi connectivity index (χ0) is 23.4. The van der Waals surface area contributed by atoms with Gasteiger partial charge in [-0.1, -0.05) is 42.1 Å². The predicted molar refractivity (Wildman–Crippen MR) is 139 cm³/mol. The Morgan fingerprint density at radius 2 is 2.00 bits per heavy atom. The van der Waals surface area contributed by atoms with Gasteiger partial charge in [-0.25, -0.2) is 4.79 Å². The van der Waals surface area contributed by atoms with Gasteiger partial charge in [-0.2, -0.15) is 5.10 Å². The van der Waals surface area contributed by atoms with Crippen LogP contribution in [-0.4, -0.2) is 28.0 Å². The maximum atomic E-state index is 12.6. The van der Waals surface area contributed by atoms with Crippen LogP contribution in [0.15, 0.2) is 30.6 Å². The summed E-state index contributed by atoms with van der Waals surface area (Å²) in [7, 11) is 1.41. The minimum atomic E-state index is -0.328. The number of esters is 1. The summed E-state index contributed by atoms with van der Waals surface area (Å²) in [6.07, 6.45) is 10.0. The minimum Gasteiger partial charge on any atom is -0.465 e. The van der Waals surface area contributed by atoms with Crippen LogP contribution in [0, 0.1) is 0 Å². The molecule has 0 bridgehead atoms. The smallest absolute Gasteiger partial charge is 0.341 e. The van der Waals surface area contributed by atoms with Crippen molar-refractivity contribution in [2.75, 3.05) is 17.7 Å². The molecule has 1 aliphatic carbocycles. The van der Waals surface area contributed by atoms with Crippen LogP contribution in [-0.2, 0) is 24.1 Å². The number of hydrogen-bond donors (Lipinski definition) is 2. The molecule has 0 unspecified atom stereocenters. The Morgan fingerprint density at radius 3 is 2.76 bits per heavy atom. The van der Waals surface area contributed by atoms with Gasteiger partial charge >= 0.3 is 5.97 Å². The van der Waals surface area contributed by atoms with Crippen molar-refractivity contribution >= 4 is 68.5 Å². The standard InChI is InChI=1S/C23H24Cl2N4O2S2/c1-31-22(30)20-17-6-4-2-3-5-7-19(17)33-21(20)28-23(32)27-16-11-26-29(13-16)12-14-8-9-15(24)10-18(14)25/h8-11,13H,2-7,12H2,1H3,(H2,27,28,32). The third kappa shape index (κ3) is 5.87. The lowest BCUT2D eigenvalue weighted by Gasteiger charge is -2.11. The number of fused-ring (bicyclic) bond motifs is 1. The highest BCUT2D eigenvalue weighted by Crippen LogP contribution is 2.37. The minimum absolute atomic E-state index is 0.328. The van der Waals surface area contributed by atoms with E-state index in [4.69, 9.17) is 40.2 Å². The van der Waals surface area contributed by atoms with Gasteiger partial charge in [0.25, 0.3) is 0 Å². The van der Waals surface area contributed by atoms with Crippen molar-refractivity contribution in [3.8, 4) is 0 Å². The number of benzene rings is 1. The average Bonchev–Trinajstić information content (AvgIpc) is 3.33. The number of anilines is 2. The highest BCUT2D eigenvalue weighted by atomic mass is 35.5. The van der Waals surface area contributed by atoms with E-state index in [0.717, 1.165) is 47.5 Å². The van der Waals surface area contributed by atoms with Crippen LogP contribution in [0.3, 0.4) is 0 Å². The molecule has 0 atom stereocenters. The van der Waals surface area contributed by atoms with Gasteiger partial charge < -0.3 is 15.4 Å². The fraction of sp³-hybridized carbons (Fsp3) is 0.348. The number of nitrogens with one attached hydrogen (secondary N) is 2. The summed E-state index contributed by atoms with van der Waals surface area (Å²) in [5, 5.41) is 13.0. The van der Waals surface area contributed by atoms with Gasteiger partial charge in [-0.3, -0.25) is 4.68 Å². The highest BCUT2D eigenvalue weighted by molar-refractivity contribution is 7.80. The maximum Gasteiger partial charge on any atom is 0.341 e. The van der Waals surface area contributed by atoms with E-state index < -0.39 is 0 Å². The number of nitrogens with zero attached hydrogens (tertiary/aromatic N) is 2. The Hall–Kier alpha value is -2.13. The van der Waals surface area contributed by atoms with Gasteiger partial charge in [-0.05, 0) is 61.2 Å². The topological polar surface area (TPSA) is 68.2 Å². The number of hydrogen-bond acceptors (Lipinski definition) is 5. The Kier molecular flexibility index (Phi) is 7.90. The summed E-state index contributed by atoms with van der Waals surface area (Å²) in [5.41, 5.74) is 3.35. The maximum absolute atomic E-state index is 12.6. The number of aryl methyl sites for hydroxylation is 1. The third-order valence-corrected chi connectivity index (χ3v) is 7.52. The Bertz CT molecular complexity index is 1180. The molecule has 33 heavy (non-hydrogen) atoms. The molecule has 6 nitrogen and oxygen atoms in total. The number of rotatable bonds is 5. The Balaban J connectivity index is 1.47. The van der Waals surface area contributed by atoms with E-state index >= 15 is 0 Å². The number of aromatic nitrogens is 2. The first kappa shape index (κ1) is 24.0. The summed E-state index contributed by atoms with van der Waals surface area (Å²) in [6, 6.07) is 5.39. The monoisotopic (exact) mass is 522 g/mol. The molecule has 174 valence electrons. The van der Waals surface area contributed by atoms with E-state index in [1.54, 1.807) is 34.3 Å². The summed E-state index contributed by atoms with van der Waals surface area (Å²) >= 11 is 19.4. The molecule has 0 aliphatic heterocycles. The lowest BCUT2D eigenvalue weighted by atomic mass is 9.96. The zero-order valence-electron chi connectivity index (χ0n) is 18.1. The number of carbonyl (C=O) groups is 1. The molecule has 1 aliphatic rings. The molecular weight excluding hydrogens is 499 g/mol. The van der Waals surface area contributed by atoms with Gasteiger partial charge in [0.05, 0.1) is 31.1 Å². The van der Waals surface area contributed by atoms with Crippen LogP contribution >= 0.6 is 46.8 Å². The molecule has 4 rings (SSSR count). The molecule has 1 aromatic carbocycles. The summed E-state index contributed by atoms with van der Waals surface area (Å²) in [5.74, 6) is -0.328. The van der Waals surface area contributed by atoms with Gasteiger partial charge in [0.1, 0.15) is 5.00 Å². The molecule has 0 saturated heterocycles. The molecule has 2 N–H and O–H groups in total. The summed E-state index contributed by atoms with van der Waals surface area (Å²) < 4.78 is 6.84. The molecule has 0 saturated carbocycles. The zero-order valence-corrected chi connectivity index (χ0v) is 21.3. The summed E-state index contributed by atoms with van der Waals surface area (Å²) in [6.45, 7) is 0.502. The Morgan fingerprint density at radius 1 is 1.21 bits per heavy atom. The SMILES string of the molecule is COC(=O)c1c(NC(=S)Nc2cnn(Cc3ccc(Cl)cc3Cl)c2)sc2c1CCCCCC2. The molecule has 2 aromatic heterocycles. The van der Waals surface area contributed by atoms with Crippen molar-refractivity contribution in [2.45, 2.75) is 45.1 Å². The first-order valence-corrected chi connectivity index (χ1v) is 12.7. The molecule has 2 heterocycles. The van der Waals surface area contributed by atoms with Crippen LogP contribution in [0.5, 0.6) is 0 Å². The van der Waals surface area contributed by atoms with E-state index in [-0.39, 0.29) is 5.97 Å². The van der Waals surface area contributed by atoms with E-state index in [2.05, 4.69) is 15.7 Å². The molecule has 0 spiro atoms. The number of thiophene rings is 1. The van der Waals surface area contributed by atoms with Crippen molar-refractivity contribution < 1.29 is 9.53 Å². The predicted octanol–water partition coefficient (Wildman–Crippen LogP) is 6.55. The van der Waals surface area contributed by atoms with E-state index in [1.807, 2.05) is 12.3 Å². The molecular formula is C23H24Cl2N4O2S2. The van der Waals surface area contributed by atoms with Crippen LogP contribution in [0.1, 0.15) is 52.0 Å². The number of methoxy groups -OCH3 is 1. The average molecular weight is 524 g/mol. The second-order valence-corrected chi connectivity index (χ2v) is 10.2. The van der Waals surface area contributed by atoms with Crippen molar-refractivity contribution in [1.29, 1.82) is 0 Å². The second kappa shape index (κ2) is 10.9. The first-order valence-electron chi connectivity index (χ1n) is 10.7. The lowest BCUT2D eigenvalue weighted by Crippen LogP contribution is -2.20. The van der Waals surface area contributed by atoms with Crippen molar-refractivity contribution in [3.63, 3.8) is 0 Å². The molecule has 0 amide bonds. The van der Waals surface area contributed by atoms with E-state index in [0.29, 0.717) is 27.3 Å².